The highest BCUT2D eigenvalue weighted by molar-refractivity contribution is 9.10. The summed E-state index contributed by atoms with van der Waals surface area (Å²) in [6.45, 7) is 4.40. The van der Waals surface area contributed by atoms with Crippen LogP contribution in [0.2, 0.25) is 0 Å². The monoisotopic (exact) mass is 992 g/mol. The van der Waals surface area contributed by atoms with Crippen LogP contribution in [0.15, 0.2) is 167 Å². The number of rotatable bonds is 0. The third-order valence-corrected chi connectivity index (χ3v) is 18.1. The maximum atomic E-state index is 3.97. The lowest BCUT2D eigenvalue weighted by Crippen LogP contribution is -2.61. The van der Waals surface area contributed by atoms with E-state index in [1.807, 2.05) is 13.8 Å². The summed E-state index contributed by atoms with van der Waals surface area (Å²) in [5.74, 6) is 1.56. The Morgan fingerprint density at radius 1 is 0.368 bits per heavy atom. The highest BCUT2D eigenvalue weighted by Gasteiger charge is 2.53. The first-order valence-electron chi connectivity index (χ1n) is 24.4. The van der Waals surface area contributed by atoms with Crippen LogP contribution in [0.4, 0.5) is 22.7 Å². The maximum Gasteiger partial charge on any atom is 0.329 e. The predicted octanol–water partition coefficient (Wildman–Crippen LogP) is 14.0. The van der Waals surface area contributed by atoms with Crippen molar-refractivity contribution in [2.24, 2.45) is 11.8 Å². The summed E-state index contributed by atoms with van der Waals surface area (Å²) >= 11 is 7.94. The Morgan fingerprint density at radius 3 is 1.12 bits per heavy atom. The number of fused-ring (bicyclic) bond motifs is 12. The van der Waals surface area contributed by atoms with Gasteiger partial charge < -0.3 is 9.62 Å². The fourth-order valence-electron chi connectivity index (χ4n) is 14.4. The topological polar surface area (TPSA) is 6.48 Å². The quantitative estimate of drug-likeness (QED) is 0.140. The van der Waals surface area contributed by atoms with Gasteiger partial charge in [-0.15, -0.1) is 0 Å². The molecule has 0 spiro atoms. The van der Waals surface area contributed by atoms with Crippen molar-refractivity contribution >= 4 is 114 Å². The molecule has 0 radical (unpaired) electrons. The molecule has 6 aliphatic heterocycles. The lowest BCUT2D eigenvalue weighted by Gasteiger charge is -2.52. The van der Waals surface area contributed by atoms with E-state index in [0.717, 1.165) is 0 Å². The SMILES string of the molecule is Brc1cc2c3c4c1C=CC1C=Cc5c(Br)cc6c(c5C41)N3B(c1ccccc1-2)c1ccccc1-6.C1=CC2C=Cc3ccc4c5c3C2c2c1ccc1c2N5B(c2ccccc2-1)c1ccccc1-4.CC. The fraction of sp³-hybridized carbons (Fsp3) is 0.0968. The van der Waals surface area contributed by atoms with Crippen molar-refractivity contribution in [1.82, 2.24) is 0 Å². The Morgan fingerprint density at radius 2 is 0.706 bits per heavy atom. The molecule has 8 aromatic rings. The van der Waals surface area contributed by atoms with Crippen molar-refractivity contribution in [2.45, 2.75) is 25.7 Å². The average molecular weight is 994 g/mol. The third-order valence-electron chi connectivity index (χ3n) is 16.8. The third kappa shape index (κ3) is 4.54. The molecule has 6 heteroatoms. The van der Waals surface area contributed by atoms with Crippen LogP contribution in [0.25, 0.3) is 68.8 Å². The summed E-state index contributed by atoms with van der Waals surface area (Å²) in [5, 5.41) is 0. The van der Waals surface area contributed by atoms with E-state index in [9.17, 15) is 0 Å². The van der Waals surface area contributed by atoms with E-state index in [2.05, 4.69) is 224 Å². The summed E-state index contributed by atoms with van der Waals surface area (Å²) in [4.78, 5) is 5.40. The minimum absolute atomic E-state index is 0.180. The van der Waals surface area contributed by atoms with E-state index >= 15 is 0 Å². The molecule has 0 aromatic heterocycles. The first-order valence-corrected chi connectivity index (χ1v) is 26.0. The number of nitrogens with zero attached hydrogens (tertiary/aromatic N) is 2. The minimum Gasteiger partial charge on any atom is -0.375 e. The number of halogens is 2. The van der Waals surface area contributed by atoms with Crippen LogP contribution in [0, 0.1) is 11.8 Å². The molecule has 0 bridgehead atoms. The normalized spacial score (nSPS) is 20.0. The van der Waals surface area contributed by atoms with Gasteiger partial charge in [-0.1, -0.05) is 216 Å². The Kier molecular flexibility index (Phi) is 7.65. The molecule has 0 fully saturated rings. The lowest BCUT2D eigenvalue weighted by molar-refractivity contribution is 0.664. The number of hydrogen-bond acceptors (Lipinski definition) is 2. The first kappa shape index (κ1) is 38.4. The van der Waals surface area contributed by atoms with E-state index in [1.165, 1.54) is 143 Å². The molecule has 2 nitrogen and oxygen atoms in total. The molecule has 318 valence electrons. The standard InChI is InChI=1S/C30H16BBr2N.C30H18BN.C2H6/c32-24-13-20-16-5-1-3-7-22(16)31-23-8-4-2-6-17(23)21-14-25(33)19-12-10-15-9-11-18(24)27-26(15)28(19)30(21)34(31)29(20)27;1-3-7-24-20(5-1)22-15-13-18-11-9-17-10-12-19-14-16-23-21-6-2-4-8-25(21)31(24)32-29(22)27(18)26(17)28(19)30(23)32;1-2/h1-15,26H;1-17,26H;1-2H3. The molecular weight excluding hydrogens is 954 g/mol. The van der Waals surface area contributed by atoms with Crippen molar-refractivity contribution in [2.75, 3.05) is 9.62 Å². The summed E-state index contributed by atoms with van der Waals surface area (Å²) in [5.41, 5.74) is 33.8. The van der Waals surface area contributed by atoms with E-state index in [0.29, 0.717) is 23.7 Å². The van der Waals surface area contributed by atoms with E-state index in [-0.39, 0.29) is 13.7 Å². The molecule has 0 amide bonds. The van der Waals surface area contributed by atoms with Crippen molar-refractivity contribution in [3.8, 4) is 44.5 Å². The highest BCUT2D eigenvalue weighted by Crippen LogP contribution is 2.65. The van der Waals surface area contributed by atoms with Crippen LogP contribution in [-0.4, -0.2) is 13.7 Å². The van der Waals surface area contributed by atoms with Crippen molar-refractivity contribution in [3.05, 3.63) is 211 Å². The maximum absolute atomic E-state index is 3.97. The highest BCUT2D eigenvalue weighted by atomic mass is 79.9. The van der Waals surface area contributed by atoms with Gasteiger partial charge >= 0.3 is 13.7 Å². The van der Waals surface area contributed by atoms with Crippen LogP contribution >= 0.6 is 31.9 Å². The molecule has 0 atom stereocenters. The Labute approximate surface area is 414 Å². The predicted molar refractivity (Wildman–Crippen MR) is 295 cm³/mol. The largest absolute Gasteiger partial charge is 0.375 e. The van der Waals surface area contributed by atoms with Gasteiger partial charge in [0.1, 0.15) is 0 Å². The summed E-state index contributed by atoms with van der Waals surface area (Å²) in [7, 11) is 0. The molecule has 0 N–H and O–H groups in total. The zero-order chi connectivity index (χ0) is 44.8. The molecule has 18 rings (SSSR count). The Hall–Kier alpha value is -6.59. The molecule has 8 aromatic carbocycles. The average Bonchev–Trinajstić information content (AvgIpc) is 3.40. The van der Waals surface area contributed by atoms with Gasteiger partial charge in [0, 0.05) is 77.6 Å². The van der Waals surface area contributed by atoms with E-state index in [1.54, 1.807) is 0 Å². The van der Waals surface area contributed by atoms with Crippen molar-refractivity contribution in [1.29, 1.82) is 0 Å². The van der Waals surface area contributed by atoms with Crippen LogP contribution in [-0.2, 0) is 0 Å². The zero-order valence-electron chi connectivity index (χ0n) is 37.4. The van der Waals surface area contributed by atoms with Gasteiger partial charge in [0.25, 0.3) is 0 Å². The second-order valence-electron chi connectivity index (χ2n) is 19.5. The van der Waals surface area contributed by atoms with E-state index < -0.39 is 0 Å². The zero-order valence-corrected chi connectivity index (χ0v) is 40.6. The molecule has 0 saturated carbocycles. The number of allylic oxidation sites excluding steroid dienone is 4. The van der Waals surface area contributed by atoms with Crippen LogP contribution in [0.1, 0.15) is 70.2 Å². The smallest absolute Gasteiger partial charge is 0.329 e. The molecule has 68 heavy (non-hydrogen) atoms. The molecular formula is C62H40B2Br2N2. The summed E-state index contributed by atoms with van der Waals surface area (Å²) in [6.07, 6.45) is 19.0. The second kappa shape index (κ2) is 13.6. The van der Waals surface area contributed by atoms with Crippen LogP contribution < -0.4 is 31.5 Å². The van der Waals surface area contributed by atoms with Gasteiger partial charge in [-0.3, -0.25) is 0 Å². The molecule has 0 unspecified atom stereocenters. The molecule has 0 saturated heterocycles. The number of benzene rings is 8. The van der Waals surface area contributed by atoms with Crippen LogP contribution in [0.5, 0.6) is 0 Å². The number of hydrogen-bond donors (Lipinski definition) is 0. The van der Waals surface area contributed by atoms with Crippen molar-refractivity contribution in [3.63, 3.8) is 0 Å². The van der Waals surface area contributed by atoms with Gasteiger partial charge in [0.05, 0.1) is 0 Å². The fourth-order valence-corrected chi connectivity index (χ4v) is 15.6. The van der Waals surface area contributed by atoms with Crippen molar-refractivity contribution < 1.29 is 0 Å². The summed E-state index contributed by atoms with van der Waals surface area (Å²) in [6, 6.07) is 50.3. The Balaban J connectivity index is 0.000000115. The van der Waals surface area contributed by atoms with Gasteiger partial charge in [0.2, 0.25) is 0 Å². The van der Waals surface area contributed by atoms with E-state index in [4.69, 9.17) is 0 Å². The lowest BCUT2D eigenvalue weighted by atomic mass is 9.42. The molecule has 10 aliphatic rings. The molecule has 6 heterocycles. The number of anilines is 4. The first-order chi connectivity index (χ1) is 33.6. The molecule has 4 aliphatic carbocycles. The van der Waals surface area contributed by atoms with Gasteiger partial charge in [-0.2, -0.15) is 0 Å². The van der Waals surface area contributed by atoms with Gasteiger partial charge in [-0.25, -0.2) is 0 Å². The summed E-state index contributed by atoms with van der Waals surface area (Å²) < 4.78 is 2.38. The van der Waals surface area contributed by atoms with Gasteiger partial charge in [0.15, 0.2) is 0 Å². The van der Waals surface area contributed by atoms with Crippen LogP contribution in [0.3, 0.4) is 0 Å². The minimum atomic E-state index is 0.180. The van der Waals surface area contributed by atoms with Gasteiger partial charge in [-0.05, 0) is 101 Å². The second-order valence-corrected chi connectivity index (χ2v) is 21.2. The Bertz CT molecular complexity index is 3580.